The van der Waals surface area contributed by atoms with Crippen molar-refractivity contribution < 1.29 is 14.3 Å². The number of nitrogens with zero attached hydrogens (tertiary/aromatic N) is 3. The standard InChI is InChI=1S/C19H35N5O3.HI/c1-6-16(25)23-11-9-14(13-23)22-17(20-5)21-10-12-24(15-7-8-15)18(26)27-19(2,3)4;/h14-15H,6-13H2,1-5H3,(H2,20,21,22);1H. The molecule has 9 heteroatoms. The van der Waals surface area contributed by atoms with Crippen molar-refractivity contribution in [2.24, 2.45) is 4.99 Å². The Bertz CT molecular complexity index is 560. The van der Waals surface area contributed by atoms with Gasteiger partial charge in [-0.25, -0.2) is 4.79 Å². The van der Waals surface area contributed by atoms with E-state index in [0.717, 1.165) is 25.8 Å². The molecule has 0 aromatic rings. The number of likely N-dealkylation sites (tertiary alicyclic amines) is 1. The molecule has 0 aromatic carbocycles. The van der Waals surface area contributed by atoms with E-state index in [-0.39, 0.29) is 42.0 Å². The maximum atomic E-state index is 12.4. The molecule has 0 radical (unpaired) electrons. The summed E-state index contributed by atoms with van der Waals surface area (Å²) in [6, 6.07) is 0.497. The average Bonchev–Trinajstić information content (AvgIpc) is 3.32. The fraction of sp³-hybridized carbons (Fsp3) is 0.842. The third-order valence-electron chi connectivity index (χ3n) is 4.67. The van der Waals surface area contributed by atoms with Crippen LogP contribution in [0, 0.1) is 0 Å². The first kappa shape index (κ1) is 24.8. The Hall–Kier alpha value is -1.26. The topological polar surface area (TPSA) is 86.3 Å². The molecule has 1 atom stereocenters. The summed E-state index contributed by atoms with van der Waals surface area (Å²) in [5.74, 6) is 0.894. The van der Waals surface area contributed by atoms with Crippen molar-refractivity contribution in [3.8, 4) is 0 Å². The second kappa shape index (κ2) is 11.1. The predicted octanol–water partition coefficient (Wildman–Crippen LogP) is 2.18. The first-order valence-corrected chi connectivity index (χ1v) is 9.98. The Morgan fingerprint density at radius 2 is 1.93 bits per heavy atom. The van der Waals surface area contributed by atoms with E-state index < -0.39 is 5.60 Å². The van der Waals surface area contributed by atoms with Gasteiger partial charge in [-0.2, -0.15) is 0 Å². The summed E-state index contributed by atoms with van der Waals surface area (Å²) < 4.78 is 5.51. The predicted molar refractivity (Wildman–Crippen MR) is 121 cm³/mol. The van der Waals surface area contributed by atoms with Crippen molar-refractivity contribution in [2.45, 2.75) is 71.1 Å². The summed E-state index contributed by atoms with van der Waals surface area (Å²) in [7, 11) is 1.73. The zero-order chi connectivity index (χ0) is 20.0. The van der Waals surface area contributed by atoms with E-state index in [0.29, 0.717) is 38.1 Å². The molecule has 0 bridgehead atoms. The van der Waals surface area contributed by atoms with Gasteiger partial charge in [0.15, 0.2) is 5.96 Å². The molecule has 2 N–H and O–H groups in total. The molecule has 1 saturated carbocycles. The lowest BCUT2D eigenvalue weighted by Gasteiger charge is -2.28. The lowest BCUT2D eigenvalue weighted by molar-refractivity contribution is -0.129. The van der Waals surface area contributed by atoms with Crippen molar-refractivity contribution in [1.82, 2.24) is 20.4 Å². The first-order valence-electron chi connectivity index (χ1n) is 9.98. The summed E-state index contributed by atoms with van der Waals surface area (Å²) in [6.45, 7) is 10.2. The smallest absolute Gasteiger partial charge is 0.410 e. The minimum atomic E-state index is -0.487. The molecule has 2 aliphatic rings. The SMILES string of the molecule is CCC(=O)N1CCC(NC(=NC)NCCN(C(=O)OC(C)(C)C)C2CC2)C1.I. The molecule has 1 unspecified atom stereocenters. The Balaban J connectivity index is 0.00000392. The summed E-state index contributed by atoms with van der Waals surface area (Å²) in [6.07, 6.45) is 3.28. The monoisotopic (exact) mass is 509 g/mol. The van der Waals surface area contributed by atoms with Crippen LogP contribution in [-0.4, -0.2) is 78.7 Å². The van der Waals surface area contributed by atoms with Gasteiger partial charge in [-0.05, 0) is 40.0 Å². The Kier molecular flexibility index (Phi) is 9.79. The van der Waals surface area contributed by atoms with Crippen LogP contribution >= 0.6 is 24.0 Å². The first-order chi connectivity index (χ1) is 12.7. The van der Waals surface area contributed by atoms with Crippen LogP contribution in [0.15, 0.2) is 4.99 Å². The molecule has 0 aromatic heterocycles. The molecule has 28 heavy (non-hydrogen) atoms. The fourth-order valence-electron chi connectivity index (χ4n) is 3.14. The maximum Gasteiger partial charge on any atom is 0.410 e. The molecular weight excluding hydrogens is 473 g/mol. The summed E-state index contributed by atoms with van der Waals surface area (Å²) >= 11 is 0. The number of hydrogen-bond acceptors (Lipinski definition) is 4. The van der Waals surface area contributed by atoms with Gasteiger partial charge in [-0.1, -0.05) is 6.92 Å². The maximum absolute atomic E-state index is 12.4. The fourth-order valence-corrected chi connectivity index (χ4v) is 3.14. The molecule has 0 spiro atoms. The molecule has 1 saturated heterocycles. The van der Waals surface area contributed by atoms with Crippen LogP contribution < -0.4 is 10.6 Å². The molecule has 1 aliphatic heterocycles. The van der Waals surface area contributed by atoms with Gasteiger partial charge in [0.25, 0.3) is 0 Å². The van der Waals surface area contributed by atoms with E-state index in [4.69, 9.17) is 4.74 Å². The number of amides is 2. The van der Waals surface area contributed by atoms with Crippen molar-refractivity contribution in [1.29, 1.82) is 0 Å². The molecule has 2 fully saturated rings. The van der Waals surface area contributed by atoms with Gasteiger partial charge in [-0.15, -0.1) is 24.0 Å². The van der Waals surface area contributed by atoms with Gasteiger partial charge in [0.2, 0.25) is 5.91 Å². The quantitative estimate of drug-likeness (QED) is 0.326. The number of halogens is 1. The molecule has 8 nitrogen and oxygen atoms in total. The number of carbonyl (C=O) groups is 2. The van der Waals surface area contributed by atoms with Crippen LogP contribution in [0.4, 0.5) is 4.79 Å². The van der Waals surface area contributed by atoms with Crippen molar-refractivity contribution in [3.05, 3.63) is 0 Å². The average molecular weight is 509 g/mol. The molecule has 1 aliphatic carbocycles. The number of aliphatic imine (C=N–C) groups is 1. The highest BCUT2D eigenvalue weighted by Crippen LogP contribution is 2.28. The normalized spacial score (nSPS) is 19.7. The number of ether oxygens (including phenoxy) is 1. The van der Waals surface area contributed by atoms with Crippen molar-refractivity contribution >= 4 is 41.9 Å². The minimum absolute atomic E-state index is 0. The number of hydrogen-bond donors (Lipinski definition) is 2. The van der Waals surface area contributed by atoms with Crippen LogP contribution in [0.3, 0.4) is 0 Å². The Labute approximate surface area is 185 Å². The number of guanidine groups is 1. The Morgan fingerprint density at radius 3 is 2.46 bits per heavy atom. The van der Waals surface area contributed by atoms with Crippen LogP contribution in [0.1, 0.15) is 53.4 Å². The lowest BCUT2D eigenvalue weighted by atomic mass is 10.2. The minimum Gasteiger partial charge on any atom is -0.444 e. The summed E-state index contributed by atoms with van der Waals surface area (Å²) in [4.78, 5) is 32.1. The largest absolute Gasteiger partial charge is 0.444 e. The highest BCUT2D eigenvalue weighted by molar-refractivity contribution is 14.0. The van der Waals surface area contributed by atoms with Gasteiger partial charge in [0.05, 0.1) is 0 Å². The highest BCUT2D eigenvalue weighted by Gasteiger charge is 2.35. The van der Waals surface area contributed by atoms with E-state index in [1.807, 2.05) is 37.5 Å². The van der Waals surface area contributed by atoms with Gasteiger partial charge >= 0.3 is 6.09 Å². The third kappa shape index (κ3) is 8.00. The zero-order valence-electron chi connectivity index (χ0n) is 17.8. The molecule has 2 rings (SSSR count). The van der Waals surface area contributed by atoms with E-state index in [1.54, 1.807) is 7.05 Å². The van der Waals surface area contributed by atoms with Gasteiger partial charge in [0, 0.05) is 51.7 Å². The van der Waals surface area contributed by atoms with E-state index >= 15 is 0 Å². The van der Waals surface area contributed by atoms with E-state index in [1.165, 1.54) is 0 Å². The number of nitrogens with one attached hydrogen (secondary N) is 2. The molecule has 162 valence electrons. The van der Waals surface area contributed by atoms with Crippen LogP contribution in [-0.2, 0) is 9.53 Å². The summed E-state index contributed by atoms with van der Waals surface area (Å²) in [5, 5.41) is 6.64. The van der Waals surface area contributed by atoms with Gasteiger partial charge < -0.3 is 25.2 Å². The lowest BCUT2D eigenvalue weighted by Crippen LogP contribution is -2.48. The van der Waals surface area contributed by atoms with Gasteiger partial charge in [-0.3, -0.25) is 9.79 Å². The van der Waals surface area contributed by atoms with Crippen LogP contribution in [0.2, 0.25) is 0 Å². The third-order valence-corrected chi connectivity index (χ3v) is 4.67. The van der Waals surface area contributed by atoms with E-state index in [2.05, 4.69) is 15.6 Å². The van der Waals surface area contributed by atoms with Gasteiger partial charge in [0.1, 0.15) is 5.60 Å². The van der Waals surface area contributed by atoms with Crippen LogP contribution in [0.5, 0.6) is 0 Å². The van der Waals surface area contributed by atoms with E-state index in [9.17, 15) is 9.59 Å². The molecular formula is C19H36IN5O3. The van der Waals surface area contributed by atoms with Crippen LogP contribution in [0.25, 0.3) is 0 Å². The molecule has 2 amide bonds. The highest BCUT2D eigenvalue weighted by atomic mass is 127. The number of rotatable bonds is 6. The summed E-state index contributed by atoms with van der Waals surface area (Å²) in [5.41, 5.74) is -0.487. The molecule has 1 heterocycles. The number of carbonyl (C=O) groups excluding carboxylic acids is 2. The zero-order valence-corrected chi connectivity index (χ0v) is 20.1. The van der Waals surface area contributed by atoms with Crippen molar-refractivity contribution in [2.75, 3.05) is 33.2 Å². The van der Waals surface area contributed by atoms with Crippen molar-refractivity contribution in [3.63, 3.8) is 0 Å². The second-order valence-corrected chi connectivity index (χ2v) is 8.23. The second-order valence-electron chi connectivity index (χ2n) is 8.23. The Morgan fingerprint density at radius 1 is 1.25 bits per heavy atom.